The van der Waals surface area contributed by atoms with E-state index in [4.69, 9.17) is 4.74 Å². The van der Waals surface area contributed by atoms with Crippen LogP contribution >= 0.6 is 0 Å². The van der Waals surface area contributed by atoms with E-state index in [2.05, 4.69) is 27.5 Å². The monoisotopic (exact) mass is 405 g/mol. The van der Waals surface area contributed by atoms with Crippen LogP contribution in [0.2, 0.25) is 0 Å². The number of phenolic OH excluding ortho intramolecular Hbond substituents is 1. The zero-order chi connectivity index (χ0) is 20.7. The number of amides is 1. The summed E-state index contributed by atoms with van der Waals surface area (Å²) >= 11 is 0. The summed E-state index contributed by atoms with van der Waals surface area (Å²) in [6.45, 7) is 0. The number of aromatic hydroxyl groups is 1. The number of hydrogen-bond acceptors (Lipinski definition) is 4. The number of aromatic nitrogens is 2. The molecule has 2 saturated carbocycles. The first kappa shape index (κ1) is 19.1. The molecule has 0 saturated heterocycles. The van der Waals surface area contributed by atoms with Crippen molar-refractivity contribution < 1.29 is 14.6 Å². The van der Waals surface area contributed by atoms with Crippen LogP contribution in [-0.2, 0) is 4.74 Å². The van der Waals surface area contributed by atoms with Gasteiger partial charge in [0.1, 0.15) is 11.4 Å². The topological polar surface area (TPSA) is 87.2 Å². The van der Waals surface area contributed by atoms with Gasteiger partial charge in [-0.1, -0.05) is 18.9 Å². The van der Waals surface area contributed by atoms with Crippen LogP contribution < -0.4 is 5.32 Å². The Morgan fingerprint density at radius 3 is 2.80 bits per heavy atom. The molecule has 2 fully saturated rings. The zero-order valence-electron chi connectivity index (χ0n) is 17.1. The van der Waals surface area contributed by atoms with E-state index in [1.54, 1.807) is 19.2 Å². The number of methoxy groups -OCH3 is 1. The average molecular weight is 405 g/mol. The molecule has 3 aromatic rings. The maximum Gasteiger partial charge on any atom is 0.255 e. The van der Waals surface area contributed by atoms with Gasteiger partial charge in [-0.2, -0.15) is 0 Å². The average Bonchev–Trinajstić information content (AvgIpc) is 3.49. The van der Waals surface area contributed by atoms with Crippen LogP contribution in [0.25, 0.3) is 22.2 Å². The number of nitrogens with zero attached hydrogens (tertiary/aromatic N) is 1. The highest BCUT2D eigenvalue weighted by Crippen LogP contribution is 2.39. The molecular weight excluding hydrogens is 378 g/mol. The highest BCUT2D eigenvalue weighted by atomic mass is 16.5. The lowest BCUT2D eigenvalue weighted by Gasteiger charge is -2.30. The van der Waals surface area contributed by atoms with Crippen molar-refractivity contribution in [3.63, 3.8) is 0 Å². The van der Waals surface area contributed by atoms with Crippen LogP contribution in [0.15, 0.2) is 36.7 Å². The van der Waals surface area contributed by atoms with E-state index < -0.39 is 0 Å². The molecule has 6 heteroatoms. The summed E-state index contributed by atoms with van der Waals surface area (Å²) in [6, 6.07) is 7.54. The van der Waals surface area contributed by atoms with Crippen LogP contribution in [-0.4, -0.2) is 40.2 Å². The highest BCUT2D eigenvalue weighted by molar-refractivity contribution is 5.98. The first-order chi connectivity index (χ1) is 14.6. The highest BCUT2D eigenvalue weighted by Gasteiger charge is 2.29. The lowest BCUT2D eigenvalue weighted by Crippen LogP contribution is -2.25. The van der Waals surface area contributed by atoms with Gasteiger partial charge in [0.05, 0.1) is 11.7 Å². The van der Waals surface area contributed by atoms with Crippen molar-refractivity contribution in [2.75, 3.05) is 7.11 Å². The minimum Gasteiger partial charge on any atom is -0.507 e. The van der Waals surface area contributed by atoms with Gasteiger partial charge in [-0.25, -0.2) is 4.98 Å². The van der Waals surface area contributed by atoms with Gasteiger partial charge in [-0.3, -0.25) is 4.79 Å². The van der Waals surface area contributed by atoms with E-state index in [9.17, 15) is 9.90 Å². The second-order valence-corrected chi connectivity index (χ2v) is 8.51. The number of H-pyrrole nitrogens is 1. The van der Waals surface area contributed by atoms with E-state index in [1.807, 2.05) is 12.3 Å². The summed E-state index contributed by atoms with van der Waals surface area (Å²) in [5.74, 6) is 0.131. The molecule has 1 amide bonds. The Balaban J connectivity index is 1.51. The van der Waals surface area contributed by atoms with E-state index in [-0.39, 0.29) is 23.8 Å². The van der Waals surface area contributed by atoms with Gasteiger partial charge in [0.15, 0.2) is 0 Å². The third-order valence-corrected chi connectivity index (χ3v) is 6.45. The molecule has 0 aliphatic heterocycles. The fourth-order valence-electron chi connectivity index (χ4n) is 4.61. The molecule has 3 N–H and O–H groups in total. The molecule has 1 aromatic carbocycles. The number of nitrogens with one attached hydrogen (secondary N) is 2. The van der Waals surface area contributed by atoms with Gasteiger partial charge in [-0.05, 0) is 55.0 Å². The summed E-state index contributed by atoms with van der Waals surface area (Å²) in [7, 11) is 1.80. The van der Waals surface area contributed by atoms with Crippen LogP contribution in [0.3, 0.4) is 0 Å². The Hall–Kier alpha value is -2.86. The molecular formula is C24H27N3O3. The third-order valence-electron chi connectivity index (χ3n) is 6.45. The van der Waals surface area contributed by atoms with Crippen molar-refractivity contribution in [3.05, 3.63) is 47.8 Å². The predicted octanol–water partition coefficient (Wildman–Crippen LogP) is 4.50. The summed E-state index contributed by atoms with van der Waals surface area (Å²) in [5.41, 5.74) is 4.20. The first-order valence-electron chi connectivity index (χ1n) is 10.8. The summed E-state index contributed by atoms with van der Waals surface area (Å²) in [5, 5.41) is 14.2. The summed E-state index contributed by atoms with van der Waals surface area (Å²) in [6.07, 6.45) is 10.7. The maximum absolute atomic E-state index is 12.5. The minimum absolute atomic E-state index is 0.00147. The predicted molar refractivity (Wildman–Crippen MR) is 116 cm³/mol. The lowest BCUT2D eigenvalue weighted by atomic mass is 9.81. The number of ether oxygens (including phenoxy) is 1. The van der Waals surface area contributed by atoms with E-state index in [0.717, 1.165) is 47.8 Å². The Morgan fingerprint density at radius 2 is 2.00 bits per heavy atom. The largest absolute Gasteiger partial charge is 0.507 e. The van der Waals surface area contributed by atoms with Gasteiger partial charge in [-0.15, -0.1) is 0 Å². The molecule has 156 valence electrons. The molecule has 2 aromatic heterocycles. The minimum atomic E-state index is -0.224. The smallest absolute Gasteiger partial charge is 0.255 e. The van der Waals surface area contributed by atoms with E-state index >= 15 is 0 Å². The number of hydrogen-bond donors (Lipinski definition) is 3. The molecule has 5 rings (SSSR count). The van der Waals surface area contributed by atoms with Crippen molar-refractivity contribution in [2.24, 2.45) is 0 Å². The molecule has 30 heavy (non-hydrogen) atoms. The van der Waals surface area contributed by atoms with Crippen molar-refractivity contribution in [3.8, 4) is 16.9 Å². The molecule has 2 aliphatic rings. The van der Waals surface area contributed by atoms with Gasteiger partial charge in [0, 0.05) is 42.4 Å². The Morgan fingerprint density at radius 1 is 1.17 bits per heavy atom. The van der Waals surface area contributed by atoms with Crippen molar-refractivity contribution in [1.82, 2.24) is 15.3 Å². The Labute approximate surface area is 175 Å². The molecule has 0 spiro atoms. The number of phenols is 1. The zero-order valence-corrected chi connectivity index (χ0v) is 17.1. The molecule has 0 radical (unpaired) electrons. The van der Waals surface area contributed by atoms with Gasteiger partial charge >= 0.3 is 0 Å². The molecule has 2 aliphatic carbocycles. The number of benzene rings is 1. The number of carbonyl (C=O) groups is 1. The normalized spacial score (nSPS) is 21.6. The number of aromatic amines is 1. The summed E-state index contributed by atoms with van der Waals surface area (Å²) in [4.78, 5) is 20.4. The number of fused-ring (bicyclic) bond motifs is 1. The van der Waals surface area contributed by atoms with Gasteiger partial charge in [0.25, 0.3) is 5.91 Å². The third kappa shape index (κ3) is 3.56. The fourth-order valence-corrected chi connectivity index (χ4v) is 4.61. The van der Waals surface area contributed by atoms with E-state index in [0.29, 0.717) is 11.5 Å². The lowest BCUT2D eigenvalue weighted by molar-refractivity contribution is 0.0527. The molecule has 2 heterocycles. The second kappa shape index (κ2) is 7.76. The molecule has 6 nitrogen and oxygen atoms in total. The summed E-state index contributed by atoms with van der Waals surface area (Å²) < 4.78 is 5.78. The maximum atomic E-state index is 12.5. The van der Waals surface area contributed by atoms with Crippen molar-refractivity contribution in [1.29, 1.82) is 0 Å². The van der Waals surface area contributed by atoms with E-state index in [1.165, 1.54) is 18.4 Å². The van der Waals surface area contributed by atoms with Gasteiger partial charge in [0.2, 0.25) is 0 Å². The second-order valence-electron chi connectivity index (χ2n) is 8.51. The SMILES string of the molecule is COC1CCCCC1c1c[nH]c2ncc(-c3ccc(O)c(C(=O)NC4CC4)c3)cc12. The van der Waals surface area contributed by atoms with Crippen LogP contribution in [0.4, 0.5) is 0 Å². The Bertz CT molecular complexity index is 1090. The molecule has 2 atom stereocenters. The van der Waals surface area contributed by atoms with Crippen LogP contribution in [0, 0.1) is 0 Å². The van der Waals surface area contributed by atoms with Crippen molar-refractivity contribution in [2.45, 2.75) is 56.6 Å². The number of carbonyl (C=O) groups excluding carboxylic acids is 1. The standard InChI is InChI=1S/C24H27N3O3/c1-30-22-5-3-2-4-17(22)20-13-26-23-18(20)11-15(12-25-23)14-6-9-21(28)19(10-14)24(29)27-16-7-8-16/h6,9-13,16-17,22,28H,2-5,7-8H2,1H3,(H,25,26)(H,27,29). The van der Waals surface area contributed by atoms with Gasteiger partial charge < -0.3 is 20.1 Å². The Kier molecular flexibility index (Phi) is 4.95. The number of pyridine rings is 1. The van der Waals surface area contributed by atoms with Crippen molar-refractivity contribution >= 4 is 16.9 Å². The fraction of sp³-hybridized carbons (Fsp3) is 0.417. The van der Waals surface area contributed by atoms with Crippen LogP contribution in [0.5, 0.6) is 5.75 Å². The molecule has 0 bridgehead atoms. The quantitative estimate of drug-likeness (QED) is 0.583. The number of rotatable bonds is 5. The van der Waals surface area contributed by atoms with Crippen LogP contribution in [0.1, 0.15) is 60.4 Å². The molecule has 2 unspecified atom stereocenters. The first-order valence-corrected chi connectivity index (χ1v) is 10.8.